The lowest BCUT2D eigenvalue weighted by molar-refractivity contribution is -0.391. The SMILES string of the molecule is COC(=O)c1nc([N+](=O)[O-])c(C(F)F)cc1OC(F)(F)F. The molecule has 0 amide bonds. The first-order chi connectivity index (χ1) is 9.56. The maximum absolute atomic E-state index is 12.6. The lowest BCUT2D eigenvalue weighted by atomic mass is 10.2. The Balaban J connectivity index is 3.55. The molecule has 0 N–H and O–H groups in total. The quantitative estimate of drug-likeness (QED) is 0.367. The summed E-state index contributed by atoms with van der Waals surface area (Å²) in [6.45, 7) is 0. The van der Waals surface area contributed by atoms with Crippen LogP contribution in [-0.2, 0) is 4.74 Å². The zero-order valence-corrected chi connectivity index (χ0v) is 9.98. The molecule has 7 nitrogen and oxygen atoms in total. The van der Waals surface area contributed by atoms with E-state index in [0.717, 1.165) is 7.11 Å². The van der Waals surface area contributed by atoms with Gasteiger partial charge in [-0.1, -0.05) is 0 Å². The van der Waals surface area contributed by atoms with Gasteiger partial charge in [-0.05, 0) is 9.91 Å². The Labute approximate surface area is 112 Å². The van der Waals surface area contributed by atoms with E-state index in [1.54, 1.807) is 0 Å². The molecular formula is C9H5F5N2O5. The molecule has 0 saturated heterocycles. The van der Waals surface area contributed by atoms with E-state index >= 15 is 0 Å². The van der Waals surface area contributed by atoms with Gasteiger partial charge in [0.05, 0.1) is 7.11 Å². The summed E-state index contributed by atoms with van der Waals surface area (Å²) in [6, 6.07) is 0.0234. The van der Waals surface area contributed by atoms with Gasteiger partial charge in [0.15, 0.2) is 5.75 Å². The molecule has 1 aromatic rings. The number of nitrogens with zero attached hydrogens (tertiary/aromatic N) is 2. The van der Waals surface area contributed by atoms with Crippen molar-refractivity contribution >= 4 is 11.8 Å². The molecule has 0 aromatic carbocycles. The number of pyridine rings is 1. The number of carbonyl (C=O) groups is 1. The Bertz CT molecular complexity index is 574. The second-order valence-electron chi connectivity index (χ2n) is 3.35. The number of alkyl halides is 5. The Morgan fingerprint density at radius 1 is 1.43 bits per heavy atom. The number of halogens is 5. The van der Waals surface area contributed by atoms with Gasteiger partial charge in [0.25, 0.3) is 6.43 Å². The first-order valence-electron chi connectivity index (χ1n) is 4.88. The normalized spacial score (nSPS) is 11.4. The summed E-state index contributed by atoms with van der Waals surface area (Å²) in [6.07, 6.45) is -8.82. The zero-order chi connectivity index (χ0) is 16.4. The molecule has 0 saturated carbocycles. The number of esters is 1. The molecule has 0 bridgehead atoms. The van der Waals surface area contributed by atoms with Gasteiger partial charge in [0.2, 0.25) is 0 Å². The van der Waals surface area contributed by atoms with Gasteiger partial charge in [-0.3, -0.25) is 0 Å². The standard InChI is InChI=1S/C9H5F5N2O5/c1-20-8(17)5-4(21-9(12,13)14)2-3(6(10)11)7(15-5)16(18)19/h2,6H,1H3. The van der Waals surface area contributed by atoms with E-state index in [-0.39, 0.29) is 6.07 Å². The molecular weight excluding hydrogens is 311 g/mol. The highest BCUT2D eigenvalue weighted by Gasteiger charge is 2.38. The lowest BCUT2D eigenvalue weighted by Gasteiger charge is -2.11. The Hall–Kier alpha value is -2.53. The van der Waals surface area contributed by atoms with Crippen LogP contribution in [0.3, 0.4) is 0 Å². The molecule has 0 fully saturated rings. The highest BCUT2D eigenvalue weighted by atomic mass is 19.4. The molecule has 0 spiro atoms. The topological polar surface area (TPSA) is 91.6 Å². The van der Waals surface area contributed by atoms with Crippen molar-refractivity contribution in [3.8, 4) is 5.75 Å². The number of hydrogen-bond donors (Lipinski definition) is 0. The lowest BCUT2D eigenvalue weighted by Crippen LogP contribution is -2.21. The largest absolute Gasteiger partial charge is 0.573 e. The molecule has 0 unspecified atom stereocenters. The maximum atomic E-state index is 12.6. The predicted molar refractivity (Wildman–Crippen MR) is 53.9 cm³/mol. The first-order valence-corrected chi connectivity index (χ1v) is 4.88. The molecule has 21 heavy (non-hydrogen) atoms. The van der Waals surface area contributed by atoms with Crippen molar-refractivity contribution < 1.29 is 41.1 Å². The summed E-state index contributed by atoms with van der Waals surface area (Å²) in [5.41, 5.74) is -2.67. The van der Waals surface area contributed by atoms with Crippen LogP contribution in [0.5, 0.6) is 5.75 Å². The van der Waals surface area contributed by atoms with Crippen LogP contribution in [0.4, 0.5) is 27.8 Å². The maximum Gasteiger partial charge on any atom is 0.573 e. The van der Waals surface area contributed by atoms with Crippen molar-refractivity contribution in [3.05, 3.63) is 27.4 Å². The van der Waals surface area contributed by atoms with Crippen molar-refractivity contribution in [2.75, 3.05) is 7.11 Å². The van der Waals surface area contributed by atoms with Gasteiger partial charge in [-0.15, -0.1) is 13.2 Å². The van der Waals surface area contributed by atoms with Crippen LogP contribution in [0.1, 0.15) is 22.5 Å². The molecule has 0 aliphatic heterocycles. The van der Waals surface area contributed by atoms with Crippen LogP contribution >= 0.6 is 0 Å². The highest BCUT2D eigenvalue weighted by Crippen LogP contribution is 2.35. The third kappa shape index (κ3) is 3.97. The van der Waals surface area contributed by atoms with E-state index in [1.807, 2.05) is 0 Å². The van der Waals surface area contributed by atoms with Gasteiger partial charge >= 0.3 is 23.8 Å². The minimum absolute atomic E-state index is 0.0234. The van der Waals surface area contributed by atoms with Gasteiger partial charge in [0.1, 0.15) is 5.56 Å². The van der Waals surface area contributed by atoms with Crippen LogP contribution in [-0.4, -0.2) is 29.3 Å². The van der Waals surface area contributed by atoms with E-state index < -0.39 is 46.5 Å². The van der Waals surface area contributed by atoms with Gasteiger partial charge in [-0.2, -0.15) is 0 Å². The summed E-state index contributed by atoms with van der Waals surface area (Å²) in [4.78, 5) is 23.3. The van der Waals surface area contributed by atoms with Crippen LogP contribution in [0, 0.1) is 10.1 Å². The number of hydrogen-bond acceptors (Lipinski definition) is 6. The number of rotatable bonds is 4. The molecule has 0 aliphatic rings. The third-order valence-corrected chi connectivity index (χ3v) is 2.01. The Morgan fingerprint density at radius 3 is 2.38 bits per heavy atom. The molecule has 116 valence electrons. The van der Waals surface area contributed by atoms with E-state index in [4.69, 9.17) is 0 Å². The fourth-order valence-electron chi connectivity index (χ4n) is 1.25. The van der Waals surface area contributed by atoms with Crippen LogP contribution in [0.15, 0.2) is 6.07 Å². The predicted octanol–water partition coefficient (Wildman–Crippen LogP) is 2.61. The van der Waals surface area contributed by atoms with Crippen molar-refractivity contribution in [2.24, 2.45) is 0 Å². The van der Waals surface area contributed by atoms with Gasteiger partial charge in [-0.25, -0.2) is 13.6 Å². The number of nitro groups is 1. The molecule has 12 heteroatoms. The fraction of sp³-hybridized carbons (Fsp3) is 0.333. The molecule has 1 heterocycles. The number of methoxy groups -OCH3 is 1. The smallest absolute Gasteiger partial charge is 0.463 e. The second-order valence-corrected chi connectivity index (χ2v) is 3.35. The van der Waals surface area contributed by atoms with Crippen molar-refractivity contribution in [1.82, 2.24) is 4.98 Å². The van der Waals surface area contributed by atoms with Crippen LogP contribution in [0.25, 0.3) is 0 Å². The Morgan fingerprint density at radius 2 is 2.00 bits per heavy atom. The average Bonchev–Trinajstić information content (AvgIpc) is 2.35. The monoisotopic (exact) mass is 316 g/mol. The molecule has 0 aliphatic carbocycles. The van der Waals surface area contributed by atoms with Crippen LogP contribution in [0.2, 0.25) is 0 Å². The molecule has 1 rings (SSSR count). The van der Waals surface area contributed by atoms with E-state index in [1.165, 1.54) is 0 Å². The van der Waals surface area contributed by atoms with E-state index in [0.29, 0.717) is 0 Å². The van der Waals surface area contributed by atoms with Crippen molar-refractivity contribution in [3.63, 3.8) is 0 Å². The number of carbonyl (C=O) groups excluding carboxylic acids is 1. The zero-order valence-electron chi connectivity index (χ0n) is 9.98. The minimum atomic E-state index is -5.32. The third-order valence-electron chi connectivity index (χ3n) is 2.01. The van der Waals surface area contributed by atoms with Gasteiger partial charge < -0.3 is 19.6 Å². The second kappa shape index (κ2) is 5.85. The molecule has 0 atom stereocenters. The summed E-state index contributed by atoms with van der Waals surface area (Å²) < 4.78 is 69.1. The van der Waals surface area contributed by atoms with Crippen molar-refractivity contribution in [1.29, 1.82) is 0 Å². The fourth-order valence-corrected chi connectivity index (χ4v) is 1.25. The summed E-state index contributed by atoms with van der Waals surface area (Å²) >= 11 is 0. The highest BCUT2D eigenvalue weighted by molar-refractivity contribution is 5.90. The van der Waals surface area contributed by atoms with E-state index in [2.05, 4.69) is 14.5 Å². The number of aromatic nitrogens is 1. The number of ether oxygens (including phenoxy) is 2. The van der Waals surface area contributed by atoms with E-state index in [9.17, 15) is 36.9 Å². The first kappa shape index (κ1) is 16.5. The minimum Gasteiger partial charge on any atom is -0.463 e. The summed E-state index contributed by atoms with van der Waals surface area (Å²) in [5, 5.41) is 10.6. The average molecular weight is 316 g/mol. The molecule has 1 aromatic heterocycles. The Kier molecular flexibility index (Phi) is 4.60. The summed E-state index contributed by atoms with van der Waals surface area (Å²) in [5.74, 6) is -4.41. The van der Waals surface area contributed by atoms with Crippen LogP contribution < -0.4 is 4.74 Å². The van der Waals surface area contributed by atoms with Gasteiger partial charge in [0, 0.05) is 6.07 Å². The summed E-state index contributed by atoms with van der Waals surface area (Å²) in [7, 11) is 0.758. The van der Waals surface area contributed by atoms with Crippen molar-refractivity contribution in [2.45, 2.75) is 12.8 Å². The molecule has 0 radical (unpaired) electrons.